The zero-order chi connectivity index (χ0) is 26.0. The van der Waals surface area contributed by atoms with E-state index in [-0.39, 0.29) is 22.0 Å². The average Bonchev–Trinajstić information content (AvgIpc) is 2.91. The van der Waals surface area contributed by atoms with E-state index >= 15 is 0 Å². The fourth-order valence-electron chi connectivity index (χ4n) is 4.45. The highest BCUT2D eigenvalue weighted by Crippen LogP contribution is 2.39. The third kappa shape index (κ3) is 4.93. The zero-order valence-electron chi connectivity index (χ0n) is 19.6. The van der Waals surface area contributed by atoms with Crippen LogP contribution >= 0.6 is 0 Å². The summed E-state index contributed by atoms with van der Waals surface area (Å²) in [5.74, 6) is 0.129. The lowest BCUT2D eigenvalue weighted by atomic mass is 9.86. The summed E-state index contributed by atoms with van der Waals surface area (Å²) in [6, 6.07) is 29.7. The lowest BCUT2D eigenvalue weighted by Gasteiger charge is -2.20. The number of carbonyl (C=O) groups excluding carboxylic acids is 1. The lowest BCUT2D eigenvalue weighted by Crippen LogP contribution is -2.07. The van der Waals surface area contributed by atoms with E-state index in [0.29, 0.717) is 27.8 Å². The zero-order valence-corrected chi connectivity index (χ0v) is 20.4. The van der Waals surface area contributed by atoms with Gasteiger partial charge >= 0.3 is 5.78 Å². The van der Waals surface area contributed by atoms with Crippen LogP contribution in [0.25, 0.3) is 22.3 Å². The number of hydrogen-bond donors (Lipinski definition) is 1. The molecule has 182 valence electrons. The van der Waals surface area contributed by atoms with E-state index in [4.69, 9.17) is 0 Å². The number of ketones is 1. The summed E-state index contributed by atoms with van der Waals surface area (Å²) < 4.78 is 36.8. The third-order valence-corrected chi connectivity index (χ3v) is 7.06. The van der Waals surface area contributed by atoms with Crippen molar-refractivity contribution in [2.45, 2.75) is 4.90 Å². The highest BCUT2D eigenvalue weighted by Gasteiger charge is 2.24. The molecule has 0 heterocycles. The van der Waals surface area contributed by atoms with Crippen molar-refractivity contribution < 1.29 is 22.9 Å². The van der Waals surface area contributed by atoms with Crippen molar-refractivity contribution in [2.24, 2.45) is 0 Å². The number of benzene rings is 4. The minimum Gasteiger partial charge on any atom is -0.744 e. The molecular formula is C31H22O5S. The summed E-state index contributed by atoms with van der Waals surface area (Å²) in [6.07, 6.45) is 4.99. The van der Waals surface area contributed by atoms with Gasteiger partial charge in [-0.15, -0.1) is 0 Å². The summed E-state index contributed by atoms with van der Waals surface area (Å²) in [4.78, 5) is 10.3. The van der Waals surface area contributed by atoms with Crippen LogP contribution in [-0.2, 0) is 10.1 Å². The van der Waals surface area contributed by atoms with Crippen molar-refractivity contribution in [3.05, 3.63) is 144 Å². The molecule has 2 N–H and O–H groups in total. The Morgan fingerprint density at radius 1 is 0.757 bits per heavy atom. The van der Waals surface area contributed by atoms with Gasteiger partial charge in [0.05, 0.1) is 10.5 Å². The predicted molar refractivity (Wildman–Crippen MR) is 144 cm³/mol. The van der Waals surface area contributed by atoms with Gasteiger partial charge in [-0.3, -0.25) is 4.79 Å². The Morgan fingerprint density at radius 2 is 1.38 bits per heavy atom. The molecule has 4 aromatic rings. The quantitative estimate of drug-likeness (QED) is 0.267. The number of aromatic hydroxyl groups is 1. The SMILES string of the molecule is O=S(=O)([O-])c1ccccc1/C(=C1\C=CC(=[OH+])C(c2ccccc2)=C1)c1ccc(O)c(-c2ccccc2)c1. The van der Waals surface area contributed by atoms with Crippen LogP contribution in [-0.4, -0.2) is 28.7 Å². The van der Waals surface area contributed by atoms with Crippen LogP contribution in [0.15, 0.2) is 132 Å². The van der Waals surface area contributed by atoms with Crippen LogP contribution in [0.2, 0.25) is 0 Å². The van der Waals surface area contributed by atoms with Gasteiger partial charge in [0, 0.05) is 17.2 Å². The van der Waals surface area contributed by atoms with Crippen LogP contribution in [0, 0.1) is 0 Å². The summed E-state index contributed by atoms with van der Waals surface area (Å²) in [5, 5.41) is 10.6. The standard InChI is InChI=1S/C31H22O5S/c32-28-17-15-23(19-26(28)21-9-3-1-4-10-21)31(25-13-7-8-14-30(25)37(34,35)36)24-16-18-29(33)27(20-24)22-11-5-2-6-12-22/h1-20,32H,(H,34,35,36)/b31-24+. The largest absolute Gasteiger partial charge is 0.744 e. The van der Waals surface area contributed by atoms with Crippen molar-refractivity contribution >= 4 is 27.0 Å². The molecule has 0 bridgehead atoms. The van der Waals surface area contributed by atoms with Gasteiger partial charge in [0.15, 0.2) is 0 Å². The second kappa shape index (κ2) is 9.85. The van der Waals surface area contributed by atoms with E-state index < -0.39 is 10.1 Å². The average molecular weight is 507 g/mol. The summed E-state index contributed by atoms with van der Waals surface area (Å²) >= 11 is 0. The first-order chi connectivity index (χ1) is 17.8. The Bertz CT molecular complexity index is 1700. The summed E-state index contributed by atoms with van der Waals surface area (Å²) in [5.41, 5.74) is 4.56. The molecule has 0 spiro atoms. The number of allylic oxidation sites excluding steroid dienone is 5. The van der Waals surface area contributed by atoms with Crippen LogP contribution in [0.4, 0.5) is 0 Å². The molecule has 6 heteroatoms. The molecule has 0 unspecified atom stereocenters. The highest BCUT2D eigenvalue weighted by atomic mass is 32.2. The molecule has 0 atom stereocenters. The normalized spacial score (nSPS) is 14.8. The van der Waals surface area contributed by atoms with E-state index in [0.717, 1.165) is 11.1 Å². The first-order valence-corrected chi connectivity index (χ1v) is 12.9. The predicted octanol–water partition coefficient (Wildman–Crippen LogP) is 5.96. The second-order valence-electron chi connectivity index (χ2n) is 8.52. The summed E-state index contributed by atoms with van der Waals surface area (Å²) in [7, 11) is -4.80. The second-order valence-corrected chi connectivity index (χ2v) is 9.87. The van der Waals surface area contributed by atoms with Crippen molar-refractivity contribution in [1.82, 2.24) is 0 Å². The highest BCUT2D eigenvalue weighted by molar-refractivity contribution is 7.85. The maximum absolute atomic E-state index is 12.3. The molecule has 0 amide bonds. The first kappa shape index (κ1) is 24.2. The fraction of sp³-hybridized carbons (Fsp3) is 0. The van der Waals surface area contributed by atoms with Gasteiger partial charge in [0.25, 0.3) is 0 Å². The minimum absolute atomic E-state index is 0.0645. The Morgan fingerprint density at radius 3 is 2.05 bits per heavy atom. The Labute approximate surface area is 215 Å². The van der Waals surface area contributed by atoms with Crippen molar-refractivity contribution in [3.63, 3.8) is 0 Å². The van der Waals surface area contributed by atoms with Crippen LogP contribution in [0.5, 0.6) is 5.75 Å². The molecule has 1 aliphatic carbocycles. The van der Waals surface area contributed by atoms with Gasteiger partial charge < -0.3 is 9.66 Å². The third-order valence-electron chi connectivity index (χ3n) is 6.17. The van der Waals surface area contributed by atoms with E-state index in [1.807, 2.05) is 60.7 Å². The van der Waals surface area contributed by atoms with E-state index in [1.54, 1.807) is 48.6 Å². The van der Waals surface area contributed by atoms with Gasteiger partial charge in [-0.05, 0) is 58.2 Å². The van der Waals surface area contributed by atoms with E-state index in [1.165, 1.54) is 12.1 Å². The van der Waals surface area contributed by atoms with Gasteiger partial charge in [-0.2, -0.15) is 0 Å². The Hall–Kier alpha value is -4.52. The van der Waals surface area contributed by atoms with E-state index in [9.17, 15) is 22.9 Å². The molecule has 1 aliphatic rings. The lowest BCUT2D eigenvalue weighted by molar-refractivity contribution is 0.462. The minimum atomic E-state index is -4.80. The molecule has 37 heavy (non-hydrogen) atoms. The van der Waals surface area contributed by atoms with Crippen LogP contribution < -0.4 is 0 Å². The molecule has 0 aromatic heterocycles. The van der Waals surface area contributed by atoms with Gasteiger partial charge in [-0.1, -0.05) is 84.9 Å². The number of rotatable bonds is 5. The molecule has 4 aromatic carbocycles. The maximum Gasteiger partial charge on any atom is 0.347 e. The molecule has 0 fully saturated rings. The number of phenols is 1. The van der Waals surface area contributed by atoms with Gasteiger partial charge in [0.1, 0.15) is 15.9 Å². The molecule has 5 rings (SSSR count). The topological polar surface area (TPSA) is 98.8 Å². The summed E-state index contributed by atoms with van der Waals surface area (Å²) in [6.45, 7) is 0. The maximum atomic E-state index is 12.3. The van der Waals surface area contributed by atoms with Crippen LogP contribution in [0.3, 0.4) is 0 Å². The Balaban J connectivity index is 1.83. The smallest absolute Gasteiger partial charge is 0.347 e. The molecule has 0 saturated heterocycles. The van der Waals surface area contributed by atoms with Crippen molar-refractivity contribution in [1.29, 1.82) is 0 Å². The number of hydrogen-bond acceptors (Lipinski definition) is 4. The molecule has 0 aliphatic heterocycles. The molecule has 5 nitrogen and oxygen atoms in total. The first-order valence-electron chi connectivity index (χ1n) is 11.5. The molecule has 0 radical (unpaired) electrons. The van der Waals surface area contributed by atoms with Gasteiger partial charge in [0.2, 0.25) is 0 Å². The van der Waals surface area contributed by atoms with Crippen LogP contribution in [0.1, 0.15) is 16.7 Å². The number of phenolic OH excluding ortho intramolecular Hbond substituents is 1. The Kier molecular flexibility index (Phi) is 6.44. The van der Waals surface area contributed by atoms with Crippen molar-refractivity contribution in [3.8, 4) is 16.9 Å². The fourth-order valence-corrected chi connectivity index (χ4v) is 5.13. The molecular weight excluding hydrogens is 484 g/mol. The van der Waals surface area contributed by atoms with Crippen molar-refractivity contribution in [2.75, 3.05) is 0 Å². The monoisotopic (exact) mass is 506 g/mol. The molecule has 0 saturated carbocycles. The van der Waals surface area contributed by atoms with Gasteiger partial charge in [-0.25, -0.2) is 8.42 Å². The van der Waals surface area contributed by atoms with E-state index in [2.05, 4.69) is 0 Å².